The molecule has 1 aliphatic rings. The quantitative estimate of drug-likeness (QED) is 0.522. The lowest BCUT2D eigenvalue weighted by molar-refractivity contribution is -0.141. The topological polar surface area (TPSA) is 64.6 Å². The Labute approximate surface area is 70.6 Å². The molecule has 0 atom stereocenters. The average Bonchev–Trinajstić information content (AvgIpc) is 2.00. The molecule has 1 aliphatic heterocycles. The molecule has 0 aromatic rings. The summed E-state index contributed by atoms with van der Waals surface area (Å²) in [7, 11) is -0.716. The third-order valence-electron chi connectivity index (χ3n) is 1.40. The van der Waals surface area contributed by atoms with Crippen molar-refractivity contribution in [2.75, 3.05) is 13.1 Å². The van der Waals surface area contributed by atoms with E-state index in [1.165, 1.54) is 0 Å². The minimum absolute atomic E-state index is 0.0611. The standard InChI is InChI=1S/C6H10BNO4/c1-2-7-11-5(9)3-8-4-6(10)12-7/h8H,2-4H2,1H3. The van der Waals surface area contributed by atoms with Gasteiger partial charge in [0.05, 0.1) is 13.1 Å². The number of nitrogens with one attached hydrogen (secondary N) is 1. The first-order valence-electron chi connectivity index (χ1n) is 3.82. The van der Waals surface area contributed by atoms with Crippen molar-refractivity contribution >= 4 is 19.1 Å². The van der Waals surface area contributed by atoms with Gasteiger partial charge in [0, 0.05) is 6.32 Å². The molecule has 5 nitrogen and oxygen atoms in total. The molecule has 1 saturated heterocycles. The van der Waals surface area contributed by atoms with Crippen LogP contribution in [0.2, 0.25) is 6.32 Å². The molecule has 0 amide bonds. The zero-order valence-corrected chi connectivity index (χ0v) is 6.83. The molecule has 0 spiro atoms. The number of carbonyl (C=O) groups is 2. The van der Waals surface area contributed by atoms with Crippen LogP contribution >= 0.6 is 0 Å². The number of hydrogen-bond donors (Lipinski definition) is 1. The van der Waals surface area contributed by atoms with Gasteiger partial charge in [0.1, 0.15) is 0 Å². The first kappa shape index (κ1) is 9.06. The first-order chi connectivity index (χ1) is 5.72. The summed E-state index contributed by atoms with van der Waals surface area (Å²) in [6.07, 6.45) is 0.484. The molecule has 0 aliphatic carbocycles. The Morgan fingerprint density at radius 2 is 1.83 bits per heavy atom. The van der Waals surface area contributed by atoms with Gasteiger partial charge in [-0.2, -0.15) is 0 Å². The highest BCUT2D eigenvalue weighted by atomic mass is 16.6. The summed E-state index contributed by atoms with van der Waals surface area (Å²) in [6, 6.07) is 0. The number of rotatable bonds is 1. The Kier molecular flexibility index (Phi) is 3.10. The van der Waals surface area contributed by atoms with Crippen molar-refractivity contribution in [1.82, 2.24) is 5.32 Å². The maximum absolute atomic E-state index is 10.8. The molecule has 1 rings (SSSR count). The number of carbonyl (C=O) groups excluding carboxylic acids is 2. The smallest absolute Gasteiger partial charge is 0.498 e. The van der Waals surface area contributed by atoms with Crippen LogP contribution in [0.1, 0.15) is 6.92 Å². The highest BCUT2D eigenvalue weighted by Crippen LogP contribution is 1.99. The van der Waals surface area contributed by atoms with Gasteiger partial charge in [-0.25, -0.2) is 0 Å². The predicted octanol–water partition coefficient (Wildman–Crippen LogP) is -0.816. The maximum atomic E-state index is 10.8. The average molecular weight is 171 g/mol. The van der Waals surface area contributed by atoms with Crippen LogP contribution in [0.5, 0.6) is 0 Å². The fraction of sp³-hybridized carbons (Fsp3) is 0.667. The molecule has 0 radical (unpaired) electrons. The van der Waals surface area contributed by atoms with Crippen molar-refractivity contribution in [2.45, 2.75) is 13.2 Å². The summed E-state index contributed by atoms with van der Waals surface area (Å²) in [4.78, 5) is 21.7. The van der Waals surface area contributed by atoms with E-state index in [0.29, 0.717) is 6.32 Å². The third-order valence-corrected chi connectivity index (χ3v) is 1.40. The van der Waals surface area contributed by atoms with Gasteiger partial charge in [0.15, 0.2) is 0 Å². The predicted molar refractivity (Wildman–Crippen MR) is 41.3 cm³/mol. The minimum Gasteiger partial charge on any atom is -0.498 e. The normalized spacial score (nSPS) is 19.2. The van der Waals surface area contributed by atoms with Gasteiger partial charge in [-0.3, -0.25) is 14.9 Å². The molecule has 6 heteroatoms. The molecule has 0 bridgehead atoms. The van der Waals surface area contributed by atoms with Crippen LogP contribution in [0, 0.1) is 0 Å². The zero-order valence-electron chi connectivity index (χ0n) is 6.83. The highest BCUT2D eigenvalue weighted by molar-refractivity contribution is 6.48. The van der Waals surface area contributed by atoms with Crippen LogP contribution in [-0.2, 0) is 18.9 Å². The molecule has 66 valence electrons. The molecule has 12 heavy (non-hydrogen) atoms. The Morgan fingerprint density at radius 3 is 2.25 bits per heavy atom. The summed E-state index contributed by atoms with van der Waals surface area (Å²) < 4.78 is 9.53. The molecular weight excluding hydrogens is 161 g/mol. The lowest BCUT2D eigenvalue weighted by atomic mass is 9.86. The second-order valence-electron chi connectivity index (χ2n) is 2.42. The monoisotopic (exact) mass is 171 g/mol. The van der Waals surface area contributed by atoms with E-state index in [1.54, 1.807) is 6.92 Å². The second kappa shape index (κ2) is 4.11. The van der Waals surface area contributed by atoms with E-state index in [-0.39, 0.29) is 13.1 Å². The van der Waals surface area contributed by atoms with Crippen LogP contribution in [0.4, 0.5) is 0 Å². The van der Waals surface area contributed by atoms with Crippen LogP contribution < -0.4 is 5.32 Å². The van der Waals surface area contributed by atoms with Gasteiger partial charge in [-0.1, -0.05) is 6.92 Å². The second-order valence-corrected chi connectivity index (χ2v) is 2.42. The van der Waals surface area contributed by atoms with Crippen molar-refractivity contribution in [3.05, 3.63) is 0 Å². The van der Waals surface area contributed by atoms with Crippen LogP contribution in [0.15, 0.2) is 0 Å². The van der Waals surface area contributed by atoms with E-state index in [9.17, 15) is 9.59 Å². The molecule has 1 N–H and O–H groups in total. The molecule has 1 heterocycles. The Balaban J connectivity index is 2.50. The van der Waals surface area contributed by atoms with Crippen molar-refractivity contribution in [2.24, 2.45) is 0 Å². The fourth-order valence-electron chi connectivity index (χ4n) is 0.834. The third kappa shape index (κ3) is 2.54. The molecule has 0 aromatic heterocycles. The Bertz CT molecular complexity index is 178. The molecule has 0 saturated carbocycles. The van der Waals surface area contributed by atoms with Gasteiger partial charge in [0.25, 0.3) is 0 Å². The molecule has 0 unspecified atom stereocenters. The lowest BCUT2D eigenvalue weighted by Crippen LogP contribution is -2.41. The molecular formula is C6H10BNO4. The first-order valence-corrected chi connectivity index (χ1v) is 3.82. The van der Waals surface area contributed by atoms with Crippen molar-refractivity contribution in [1.29, 1.82) is 0 Å². The summed E-state index contributed by atoms with van der Waals surface area (Å²) >= 11 is 0. The van der Waals surface area contributed by atoms with E-state index < -0.39 is 19.1 Å². The molecule has 0 aromatic carbocycles. The minimum atomic E-state index is -0.716. The lowest BCUT2D eigenvalue weighted by Gasteiger charge is -2.16. The van der Waals surface area contributed by atoms with Gasteiger partial charge in [-0.05, 0) is 0 Å². The summed E-state index contributed by atoms with van der Waals surface area (Å²) in [5, 5.41) is 2.58. The van der Waals surface area contributed by atoms with Crippen molar-refractivity contribution < 1.29 is 18.9 Å². The van der Waals surface area contributed by atoms with Crippen molar-refractivity contribution in [3.8, 4) is 0 Å². The van der Waals surface area contributed by atoms with Gasteiger partial charge < -0.3 is 9.31 Å². The molecule has 1 fully saturated rings. The van der Waals surface area contributed by atoms with Crippen LogP contribution in [0.3, 0.4) is 0 Å². The zero-order chi connectivity index (χ0) is 8.97. The van der Waals surface area contributed by atoms with E-state index >= 15 is 0 Å². The number of hydrogen-bond acceptors (Lipinski definition) is 5. The van der Waals surface area contributed by atoms with E-state index in [4.69, 9.17) is 9.31 Å². The van der Waals surface area contributed by atoms with Crippen molar-refractivity contribution in [3.63, 3.8) is 0 Å². The Hall–Kier alpha value is -1.04. The largest absolute Gasteiger partial charge is 0.598 e. The van der Waals surface area contributed by atoms with E-state index in [2.05, 4.69) is 5.32 Å². The van der Waals surface area contributed by atoms with Gasteiger partial charge >= 0.3 is 19.1 Å². The van der Waals surface area contributed by atoms with Crippen LogP contribution in [0.25, 0.3) is 0 Å². The van der Waals surface area contributed by atoms with Gasteiger partial charge in [-0.15, -0.1) is 0 Å². The van der Waals surface area contributed by atoms with E-state index in [1.807, 2.05) is 0 Å². The fourth-order valence-corrected chi connectivity index (χ4v) is 0.834. The van der Waals surface area contributed by atoms with Gasteiger partial charge in [0.2, 0.25) is 0 Å². The highest BCUT2D eigenvalue weighted by Gasteiger charge is 2.27. The summed E-state index contributed by atoms with van der Waals surface area (Å²) in [6.45, 7) is 1.90. The van der Waals surface area contributed by atoms with Crippen LogP contribution in [-0.4, -0.2) is 32.1 Å². The Morgan fingerprint density at radius 1 is 1.33 bits per heavy atom. The summed E-state index contributed by atoms with van der Waals surface area (Å²) in [5.74, 6) is -0.788. The SMILES string of the molecule is CCB1OC(=O)CNCC(=O)O1. The van der Waals surface area contributed by atoms with E-state index in [0.717, 1.165) is 0 Å². The maximum Gasteiger partial charge on any atom is 0.598 e. The summed E-state index contributed by atoms with van der Waals surface area (Å²) in [5.41, 5.74) is 0.